The van der Waals surface area contributed by atoms with Crippen LogP contribution in [0, 0.1) is 5.92 Å². The number of anilines is 1. The minimum absolute atomic E-state index is 0.0350. The number of aromatic nitrogens is 2. The number of hydrogen-bond donors (Lipinski definition) is 1. The highest BCUT2D eigenvalue weighted by atomic mass is 79.9. The fourth-order valence-corrected chi connectivity index (χ4v) is 2.72. The average molecular weight is 315 g/mol. The molecule has 1 aromatic rings. The standard InChI is InChI=1S/C12H19BrN4O/c1-16(6-5-14)11-10(13)7-15-17(12(11)18)8-9-3-2-4-9/h7,9H,2-6,8,14H2,1H3. The Morgan fingerprint density at radius 2 is 2.33 bits per heavy atom. The Kier molecular flexibility index (Phi) is 4.40. The molecule has 0 amide bonds. The normalized spacial score (nSPS) is 15.5. The summed E-state index contributed by atoms with van der Waals surface area (Å²) in [7, 11) is 1.88. The lowest BCUT2D eigenvalue weighted by atomic mass is 9.85. The molecule has 0 aliphatic heterocycles. The molecule has 6 heteroatoms. The lowest BCUT2D eigenvalue weighted by Gasteiger charge is -2.26. The Bertz CT molecular complexity index is 470. The largest absolute Gasteiger partial charge is 0.368 e. The molecule has 0 radical (unpaired) electrons. The molecule has 1 aliphatic carbocycles. The summed E-state index contributed by atoms with van der Waals surface area (Å²) in [5.41, 5.74) is 6.15. The van der Waals surface area contributed by atoms with Gasteiger partial charge in [0.05, 0.1) is 10.7 Å². The van der Waals surface area contributed by atoms with E-state index in [-0.39, 0.29) is 5.56 Å². The molecule has 18 heavy (non-hydrogen) atoms. The van der Waals surface area contributed by atoms with Crippen LogP contribution in [0.5, 0.6) is 0 Å². The number of nitrogens with zero attached hydrogens (tertiary/aromatic N) is 3. The molecule has 1 aromatic heterocycles. The highest BCUT2D eigenvalue weighted by Gasteiger charge is 2.20. The first-order valence-electron chi connectivity index (χ1n) is 6.30. The van der Waals surface area contributed by atoms with Crippen LogP contribution in [-0.2, 0) is 6.54 Å². The molecule has 0 spiro atoms. The molecule has 1 heterocycles. The predicted octanol–water partition coefficient (Wildman–Crippen LogP) is 1.20. The number of nitrogens with two attached hydrogens (primary N) is 1. The van der Waals surface area contributed by atoms with E-state index in [2.05, 4.69) is 21.0 Å². The summed E-state index contributed by atoms with van der Waals surface area (Å²) in [5, 5.41) is 4.20. The minimum atomic E-state index is -0.0350. The van der Waals surface area contributed by atoms with Crippen molar-refractivity contribution in [3.8, 4) is 0 Å². The van der Waals surface area contributed by atoms with Gasteiger partial charge in [0.15, 0.2) is 0 Å². The van der Waals surface area contributed by atoms with E-state index in [4.69, 9.17) is 5.73 Å². The smallest absolute Gasteiger partial charge is 0.291 e. The van der Waals surface area contributed by atoms with Crippen molar-refractivity contribution in [2.24, 2.45) is 11.7 Å². The van der Waals surface area contributed by atoms with Gasteiger partial charge in [-0.25, -0.2) is 4.68 Å². The SMILES string of the molecule is CN(CCN)c1c(Br)cnn(CC2CCC2)c1=O. The Hall–Kier alpha value is -0.880. The van der Waals surface area contributed by atoms with Gasteiger partial charge >= 0.3 is 0 Å². The van der Waals surface area contributed by atoms with Gasteiger partial charge in [-0.3, -0.25) is 4.79 Å². The van der Waals surface area contributed by atoms with E-state index in [0.29, 0.717) is 24.7 Å². The van der Waals surface area contributed by atoms with Gasteiger partial charge in [0.25, 0.3) is 5.56 Å². The van der Waals surface area contributed by atoms with Gasteiger partial charge in [0, 0.05) is 26.7 Å². The summed E-state index contributed by atoms with van der Waals surface area (Å²) in [6, 6.07) is 0. The average Bonchev–Trinajstić information content (AvgIpc) is 2.26. The van der Waals surface area contributed by atoms with Crippen molar-refractivity contribution in [2.75, 3.05) is 25.0 Å². The van der Waals surface area contributed by atoms with Gasteiger partial charge < -0.3 is 10.6 Å². The van der Waals surface area contributed by atoms with E-state index in [0.717, 1.165) is 11.0 Å². The van der Waals surface area contributed by atoms with Crippen molar-refractivity contribution in [1.82, 2.24) is 9.78 Å². The zero-order chi connectivity index (χ0) is 13.1. The first kappa shape index (κ1) is 13.5. The van der Waals surface area contributed by atoms with Crippen LogP contribution in [0.3, 0.4) is 0 Å². The summed E-state index contributed by atoms with van der Waals surface area (Å²) in [4.78, 5) is 14.2. The molecule has 2 N–H and O–H groups in total. The van der Waals surface area contributed by atoms with Crippen molar-refractivity contribution in [3.05, 3.63) is 21.0 Å². The van der Waals surface area contributed by atoms with Gasteiger partial charge in [0.1, 0.15) is 5.69 Å². The lowest BCUT2D eigenvalue weighted by molar-refractivity contribution is 0.261. The Labute approximate surface area is 115 Å². The second kappa shape index (κ2) is 5.84. The quantitative estimate of drug-likeness (QED) is 0.887. The molecule has 0 atom stereocenters. The van der Waals surface area contributed by atoms with Crippen LogP contribution in [0.1, 0.15) is 19.3 Å². The van der Waals surface area contributed by atoms with Crippen LogP contribution in [0.25, 0.3) is 0 Å². The third-order valence-electron chi connectivity index (χ3n) is 3.48. The number of hydrogen-bond acceptors (Lipinski definition) is 4. The number of rotatable bonds is 5. The van der Waals surface area contributed by atoms with Crippen LogP contribution in [0.15, 0.2) is 15.5 Å². The highest BCUT2D eigenvalue weighted by molar-refractivity contribution is 9.10. The lowest BCUT2D eigenvalue weighted by Crippen LogP contribution is -2.36. The molecule has 0 saturated heterocycles. The van der Waals surface area contributed by atoms with E-state index in [1.165, 1.54) is 19.3 Å². The molecule has 5 nitrogen and oxygen atoms in total. The summed E-state index contributed by atoms with van der Waals surface area (Å²) in [5.74, 6) is 0.615. The van der Waals surface area contributed by atoms with Crippen molar-refractivity contribution < 1.29 is 0 Å². The second-order valence-electron chi connectivity index (χ2n) is 4.84. The third kappa shape index (κ3) is 2.75. The van der Waals surface area contributed by atoms with E-state index in [9.17, 15) is 4.79 Å². The Morgan fingerprint density at radius 3 is 2.89 bits per heavy atom. The van der Waals surface area contributed by atoms with Crippen LogP contribution in [0.2, 0.25) is 0 Å². The van der Waals surface area contributed by atoms with Crippen LogP contribution in [0.4, 0.5) is 5.69 Å². The molecule has 1 fully saturated rings. The van der Waals surface area contributed by atoms with Gasteiger partial charge in [-0.2, -0.15) is 5.10 Å². The first-order chi connectivity index (χ1) is 8.63. The predicted molar refractivity (Wildman–Crippen MR) is 75.9 cm³/mol. The molecular weight excluding hydrogens is 296 g/mol. The highest BCUT2D eigenvalue weighted by Crippen LogP contribution is 2.27. The first-order valence-corrected chi connectivity index (χ1v) is 7.09. The van der Waals surface area contributed by atoms with Gasteiger partial charge in [-0.15, -0.1) is 0 Å². The molecule has 0 bridgehead atoms. The topological polar surface area (TPSA) is 64.2 Å². The summed E-state index contributed by atoms with van der Waals surface area (Å²) >= 11 is 3.39. The molecule has 0 aromatic carbocycles. The molecule has 100 valence electrons. The minimum Gasteiger partial charge on any atom is -0.368 e. The van der Waals surface area contributed by atoms with Crippen molar-refractivity contribution >= 4 is 21.6 Å². The van der Waals surface area contributed by atoms with Crippen molar-refractivity contribution in [3.63, 3.8) is 0 Å². The molecule has 1 saturated carbocycles. The van der Waals surface area contributed by atoms with Crippen LogP contribution < -0.4 is 16.2 Å². The summed E-state index contributed by atoms with van der Waals surface area (Å²) in [6.07, 6.45) is 5.38. The Morgan fingerprint density at radius 1 is 1.61 bits per heavy atom. The zero-order valence-electron chi connectivity index (χ0n) is 10.6. The molecule has 1 aliphatic rings. The molecular formula is C12H19BrN4O. The van der Waals surface area contributed by atoms with Gasteiger partial charge in [0.2, 0.25) is 0 Å². The Balaban J connectivity index is 2.26. The van der Waals surface area contributed by atoms with Crippen LogP contribution >= 0.6 is 15.9 Å². The van der Waals surface area contributed by atoms with Crippen molar-refractivity contribution in [2.45, 2.75) is 25.8 Å². The molecule has 2 rings (SSSR count). The van der Waals surface area contributed by atoms with E-state index in [1.807, 2.05) is 11.9 Å². The van der Waals surface area contributed by atoms with Gasteiger partial charge in [-0.1, -0.05) is 6.42 Å². The summed E-state index contributed by atoms with van der Waals surface area (Å²) in [6.45, 7) is 1.91. The summed E-state index contributed by atoms with van der Waals surface area (Å²) < 4.78 is 2.31. The van der Waals surface area contributed by atoms with E-state index >= 15 is 0 Å². The maximum atomic E-state index is 12.4. The van der Waals surface area contributed by atoms with Crippen LogP contribution in [-0.4, -0.2) is 29.9 Å². The van der Waals surface area contributed by atoms with Gasteiger partial charge in [-0.05, 0) is 34.7 Å². The maximum Gasteiger partial charge on any atom is 0.291 e. The molecule has 0 unspecified atom stereocenters. The maximum absolute atomic E-state index is 12.4. The van der Waals surface area contributed by atoms with E-state index in [1.54, 1.807) is 10.9 Å². The third-order valence-corrected chi connectivity index (χ3v) is 4.06. The fourth-order valence-electron chi connectivity index (χ4n) is 2.16. The van der Waals surface area contributed by atoms with E-state index < -0.39 is 0 Å². The monoisotopic (exact) mass is 314 g/mol. The van der Waals surface area contributed by atoms with Crippen molar-refractivity contribution in [1.29, 1.82) is 0 Å². The zero-order valence-corrected chi connectivity index (χ0v) is 12.2. The second-order valence-corrected chi connectivity index (χ2v) is 5.69. The number of halogens is 1. The number of likely N-dealkylation sites (N-methyl/N-ethyl adjacent to an activating group) is 1. The fraction of sp³-hybridized carbons (Fsp3) is 0.667.